The highest BCUT2D eigenvalue weighted by Crippen LogP contribution is 2.35. The number of aliphatic hydroxyl groups excluding tert-OH is 1. The normalized spacial score (nSPS) is 12.8. The number of aliphatic hydroxyl groups is 1. The summed E-state index contributed by atoms with van der Waals surface area (Å²) in [5.41, 5.74) is 5.30. The van der Waals surface area contributed by atoms with Gasteiger partial charge in [0.2, 0.25) is 0 Å². The van der Waals surface area contributed by atoms with Gasteiger partial charge in [-0.1, -0.05) is 65.8 Å². The number of halogens is 1. The molecule has 27 heavy (non-hydrogen) atoms. The standard InChI is InChI=1S/C22H30ClN3O/c1-14(23)9-10-19-15(2)24-26(25-19)20-12-16(21(3,4)5)11-18(17(20)13-27)22(6,7)8/h9-12,27H,1,13H2,2-8H3. The number of allylic oxidation sites excluding steroid dienone is 2. The third kappa shape index (κ3) is 4.88. The Labute approximate surface area is 167 Å². The molecule has 0 aliphatic heterocycles. The number of benzene rings is 1. The van der Waals surface area contributed by atoms with Crippen molar-refractivity contribution in [2.45, 2.75) is 65.9 Å². The Hall–Kier alpha value is -1.91. The number of aromatic nitrogens is 3. The Morgan fingerprint density at radius 3 is 2.26 bits per heavy atom. The lowest BCUT2D eigenvalue weighted by Gasteiger charge is -2.28. The van der Waals surface area contributed by atoms with Crippen molar-refractivity contribution < 1.29 is 5.11 Å². The molecule has 0 saturated carbocycles. The van der Waals surface area contributed by atoms with Crippen molar-refractivity contribution in [3.63, 3.8) is 0 Å². The predicted molar refractivity (Wildman–Crippen MR) is 113 cm³/mol. The van der Waals surface area contributed by atoms with Crippen molar-refractivity contribution in [1.82, 2.24) is 15.0 Å². The van der Waals surface area contributed by atoms with Crippen LogP contribution >= 0.6 is 11.6 Å². The van der Waals surface area contributed by atoms with Crippen molar-refractivity contribution in [3.8, 4) is 5.69 Å². The van der Waals surface area contributed by atoms with Gasteiger partial charge in [-0.3, -0.25) is 0 Å². The van der Waals surface area contributed by atoms with Crippen LogP contribution in [0.15, 0.2) is 29.8 Å². The first-order valence-electron chi connectivity index (χ1n) is 9.10. The van der Waals surface area contributed by atoms with Crippen molar-refractivity contribution in [3.05, 3.63) is 57.9 Å². The molecular formula is C22H30ClN3O. The zero-order valence-electron chi connectivity index (χ0n) is 17.4. The second-order valence-electron chi connectivity index (χ2n) is 8.92. The third-order valence-electron chi connectivity index (χ3n) is 4.51. The van der Waals surface area contributed by atoms with Gasteiger partial charge in [0, 0.05) is 10.6 Å². The molecule has 2 rings (SSSR count). The summed E-state index contributed by atoms with van der Waals surface area (Å²) >= 11 is 5.82. The van der Waals surface area contributed by atoms with E-state index in [4.69, 9.17) is 11.6 Å². The highest BCUT2D eigenvalue weighted by atomic mass is 35.5. The molecule has 1 aromatic heterocycles. The van der Waals surface area contributed by atoms with Gasteiger partial charge in [0.25, 0.3) is 0 Å². The molecule has 146 valence electrons. The van der Waals surface area contributed by atoms with Crippen LogP contribution in [0.3, 0.4) is 0 Å². The molecule has 0 fully saturated rings. The Kier molecular flexibility index (Phi) is 6.03. The van der Waals surface area contributed by atoms with Gasteiger partial charge in [-0.25, -0.2) is 0 Å². The average Bonchev–Trinajstić information content (AvgIpc) is 2.90. The summed E-state index contributed by atoms with van der Waals surface area (Å²) in [5.74, 6) is 0. The number of rotatable bonds is 4. The number of aryl methyl sites for hydroxylation is 1. The van der Waals surface area contributed by atoms with E-state index in [2.05, 4.69) is 70.5 Å². The van der Waals surface area contributed by atoms with Crippen LogP contribution in [0.1, 0.15) is 69.6 Å². The summed E-state index contributed by atoms with van der Waals surface area (Å²) in [6, 6.07) is 4.28. The Morgan fingerprint density at radius 2 is 1.78 bits per heavy atom. The highest BCUT2D eigenvalue weighted by molar-refractivity contribution is 6.31. The van der Waals surface area contributed by atoms with Gasteiger partial charge in [0.1, 0.15) is 5.69 Å². The molecular weight excluding hydrogens is 358 g/mol. The summed E-state index contributed by atoms with van der Waals surface area (Å²) < 4.78 is 0. The summed E-state index contributed by atoms with van der Waals surface area (Å²) in [4.78, 5) is 1.61. The zero-order valence-corrected chi connectivity index (χ0v) is 18.1. The van der Waals surface area contributed by atoms with Crippen LogP contribution < -0.4 is 0 Å². The lowest BCUT2D eigenvalue weighted by molar-refractivity contribution is 0.277. The number of nitrogens with zero attached hydrogens (tertiary/aromatic N) is 3. The molecule has 0 atom stereocenters. The molecule has 0 unspecified atom stereocenters. The number of hydrogen-bond donors (Lipinski definition) is 1. The van der Waals surface area contributed by atoms with E-state index in [1.807, 2.05) is 6.92 Å². The van der Waals surface area contributed by atoms with E-state index in [1.54, 1.807) is 16.9 Å². The first-order chi connectivity index (χ1) is 12.3. The molecule has 0 radical (unpaired) electrons. The molecule has 4 nitrogen and oxygen atoms in total. The van der Waals surface area contributed by atoms with E-state index in [0.717, 1.165) is 28.2 Å². The van der Waals surface area contributed by atoms with E-state index in [9.17, 15) is 5.11 Å². The van der Waals surface area contributed by atoms with Gasteiger partial charge in [-0.2, -0.15) is 9.90 Å². The highest BCUT2D eigenvalue weighted by Gasteiger charge is 2.26. The fraction of sp³-hybridized carbons (Fsp3) is 0.455. The third-order valence-corrected chi connectivity index (χ3v) is 4.64. The van der Waals surface area contributed by atoms with Crippen molar-refractivity contribution in [2.24, 2.45) is 0 Å². The first kappa shape index (κ1) is 21.4. The van der Waals surface area contributed by atoms with Crippen LogP contribution in [0.2, 0.25) is 0 Å². The average molecular weight is 388 g/mol. The van der Waals surface area contributed by atoms with Crippen LogP contribution in [-0.4, -0.2) is 20.1 Å². The van der Waals surface area contributed by atoms with Gasteiger partial charge in [0.05, 0.1) is 18.0 Å². The molecule has 0 aliphatic carbocycles. The molecule has 1 N–H and O–H groups in total. The second kappa shape index (κ2) is 7.61. The van der Waals surface area contributed by atoms with Crippen LogP contribution in [-0.2, 0) is 17.4 Å². The van der Waals surface area contributed by atoms with Crippen molar-refractivity contribution >= 4 is 17.7 Å². The van der Waals surface area contributed by atoms with Crippen molar-refractivity contribution in [1.29, 1.82) is 0 Å². The Balaban J connectivity index is 2.76. The minimum Gasteiger partial charge on any atom is -0.392 e. The monoisotopic (exact) mass is 387 g/mol. The molecule has 0 aliphatic rings. The van der Waals surface area contributed by atoms with Gasteiger partial charge in [-0.05, 0) is 47.1 Å². The smallest absolute Gasteiger partial charge is 0.109 e. The Bertz CT molecular complexity index is 880. The molecule has 0 saturated heterocycles. The van der Waals surface area contributed by atoms with E-state index in [-0.39, 0.29) is 17.4 Å². The fourth-order valence-electron chi connectivity index (χ4n) is 2.92. The van der Waals surface area contributed by atoms with Gasteiger partial charge in [-0.15, -0.1) is 5.10 Å². The minimum absolute atomic E-state index is 0.0377. The summed E-state index contributed by atoms with van der Waals surface area (Å²) in [6.45, 7) is 18.5. The maximum absolute atomic E-state index is 10.2. The van der Waals surface area contributed by atoms with Gasteiger partial charge >= 0.3 is 0 Å². The van der Waals surface area contributed by atoms with E-state index >= 15 is 0 Å². The quantitative estimate of drug-likeness (QED) is 0.711. The molecule has 5 heteroatoms. The van der Waals surface area contributed by atoms with E-state index < -0.39 is 0 Å². The van der Waals surface area contributed by atoms with Gasteiger partial charge in [0.15, 0.2) is 0 Å². The SMILES string of the molecule is C=C(Cl)C=Cc1nn(-c2cc(C(C)(C)C)cc(C(C)(C)C)c2CO)nc1C. The molecule has 0 amide bonds. The summed E-state index contributed by atoms with van der Waals surface area (Å²) in [7, 11) is 0. The lowest BCUT2D eigenvalue weighted by atomic mass is 9.78. The Morgan fingerprint density at radius 1 is 1.15 bits per heavy atom. The van der Waals surface area contributed by atoms with Crippen molar-refractivity contribution in [2.75, 3.05) is 0 Å². The fourth-order valence-corrected chi connectivity index (χ4v) is 2.99. The van der Waals surface area contributed by atoms with Crippen LogP contribution in [0.5, 0.6) is 0 Å². The zero-order chi connectivity index (χ0) is 20.6. The van der Waals surface area contributed by atoms with Gasteiger partial charge < -0.3 is 5.11 Å². The van der Waals surface area contributed by atoms with Crippen LogP contribution in [0, 0.1) is 6.92 Å². The van der Waals surface area contributed by atoms with E-state index in [0.29, 0.717) is 5.03 Å². The van der Waals surface area contributed by atoms with E-state index in [1.165, 1.54) is 5.56 Å². The maximum atomic E-state index is 10.2. The molecule has 1 heterocycles. The topological polar surface area (TPSA) is 50.9 Å². The second-order valence-corrected chi connectivity index (χ2v) is 9.41. The molecule has 0 bridgehead atoms. The van der Waals surface area contributed by atoms with Crippen LogP contribution in [0.4, 0.5) is 0 Å². The van der Waals surface area contributed by atoms with Crippen LogP contribution in [0.25, 0.3) is 11.8 Å². The lowest BCUT2D eigenvalue weighted by Crippen LogP contribution is -2.21. The predicted octanol–water partition coefficient (Wildman–Crippen LogP) is 5.43. The number of hydrogen-bond acceptors (Lipinski definition) is 3. The first-order valence-corrected chi connectivity index (χ1v) is 9.48. The largest absolute Gasteiger partial charge is 0.392 e. The maximum Gasteiger partial charge on any atom is 0.109 e. The summed E-state index contributed by atoms with van der Waals surface area (Å²) in [5, 5.41) is 19.8. The summed E-state index contributed by atoms with van der Waals surface area (Å²) in [6.07, 6.45) is 3.49. The molecule has 2 aromatic rings. The molecule has 0 spiro atoms. The molecule has 1 aromatic carbocycles. The minimum atomic E-state index is -0.116.